The van der Waals surface area contributed by atoms with Gasteiger partial charge in [0.1, 0.15) is 0 Å². The number of methoxy groups -OCH3 is 1. The number of benzene rings is 1. The van der Waals surface area contributed by atoms with Crippen LogP contribution in [0, 0.1) is 0 Å². The van der Waals surface area contributed by atoms with Gasteiger partial charge in [0, 0.05) is 5.54 Å². The average Bonchev–Trinajstić information content (AvgIpc) is 2.52. The third kappa shape index (κ3) is 6.45. The Morgan fingerprint density at radius 3 is 2.31 bits per heavy atom. The lowest BCUT2D eigenvalue weighted by molar-refractivity contribution is -0.128. The molecule has 0 saturated carbocycles. The van der Waals surface area contributed by atoms with Crippen molar-refractivity contribution in [1.82, 2.24) is 10.0 Å². The van der Waals surface area contributed by atoms with E-state index in [-0.39, 0.29) is 10.5 Å². The molecule has 144 valence electrons. The summed E-state index contributed by atoms with van der Waals surface area (Å²) in [5.74, 6) is -1.78. The Morgan fingerprint density at radius 1 is 1.15 bits per heavy atom. The molecule has 2 N–H and O–H groups in total. The van der Waals surface area contributed by atoms with Crippen molar-refractivity contribution in [1.29, 1.82) is 0 Å². The largest absolute Gasteiger partial charge is 0.453 e. The van der Waals surface area contributed by atoms with E-state index in [1.54, 1.807) is 20.8 Å². The molecule has 1 rings (SSSR count). The van der Waals surface area contributed by atoms with E-state index in [4.69, 9.17) is 4.74 Å². The molecule has 10 heteroatoms. The first-order valence-electron chi connectivity index (χ1n) is 7.59. The quantitative estimate of drug-likeness (QED) is 0.728. The van der Waals surface area contributed by atoms with Crippen LogP contribution in [0.4, 0.5) is 4.79 Å². The van der Waals surface area contributed by atoms with Gasteiger partial charge in [-0.3, -0.25) is 10.1 Å². The molecule has 9 nitrogen and oxygen atoms in total. The van der Waals surface area contributed by atoms with E-state index in [0.717, 1.165) is 13.2 Å². The van der Waals surface area contributed by atoms with Crippen LogP contribution < -0.4 is 10.0 Å². The summed E-state index contributed by atoms with van der Waals surface area (Å²) in [6, 6.07) is 5.20. The summed E-state index contributed by atoms with van der Waals surface area (Å²) in [5.41, 5.74) is -0.755. The van der Waals surface area contributed by atoms with Crippen molar-refractivity contribution >= 4 is 28.0 Å². The number of carbonyl (C=O) groups excluding carboxylic acids is 3. The van der Waals surface area contributed by atoms with E-state index in [1.165, 1.54) is 25.1 Å². The zero-order chi connectivity index (χ0) is 20.1. The number of hydrogen-bond acceptors (Lipinski definition) is 7. The van der Waals surface area contributed by atoms with Crippen LogP contribution in [0.3, 0.4) is 0 Å². The second-order valence-electron chi connectivity index (χ2n) is 6.41. The smallest absolute Gasteiger partial charge is 0.413 e. The number of nitrogens with one attached hydrogen (secondary N) is 2. The Balaban J connectivity index is 2.92. The standard InChI is InChI=1S/C16H22N2O7S/c1-10(13(19)17-15(21)24-5)25-14(20)11-7-6-8-12(9-11)26(22,23)18-16(2,3)4/h6-10,18H,1-5H3,(H,17,19,21)/t10-/m1/s1. The lowest BCUT2D eigenvalue weighted by Crippen LogP contribution is -2.40. The van der Waals surface area contributed by atoms with Gasteiger partial charge in [0.25, 0.3) is 5.91 Å². The summed E-state index contributed by atoms with van der Waals surface area (Å²) >= 11 is 0. The molecule has 0 radical (unpaired) electrons. The fourth-order valence-electron chi connectivity index (χ4n) is 1.79. The second-order valence-corrected chi connectivity index (χ2v) is 8.09. The zero-order valence-corrected chi connectivity index (χ0v) is 16.0. The maximum Gasteiger partial charge on any atom is 0.413 e. The Kier molecular flexibility index (Phi) is 6.87. The number of sulfonamides is 1. The van der Waals surface area contributed by atoms with Crippen LogP contribution >= 0.6 is 0 Å². The van der Waals surface area contributed by atoms with Crippen molar-refractivity contribution in [2.24, 2.45) is 0 Å². The van der Waals surface area contributed by atoms with Gasteiger partial charge in [0.2, 0.25) is 10.0 Å². The first-order chi connectivity index (χ1) is 11.9. The highest BCUT2D eigenvalue weighted by molar-refractivity contribution is 7.89. The third-order valence-corrected chi connectivity index (χ3v) is 4.64. The van der Waals surface area contributed by atoms with Crippen molar-refractivity contribution in [3.63, 3.8) is 0 Å². The van der Waals surface area contributed by atoms with Crippen molar-refractivity contribution in [3.05, 3.63) is 29.8 Å². The Morgan fingerprint density at radius 2 is 1.77 bits per heavy atom. The molecule has 0 aliphatic carbocycles. The number of hydrogen-bond donors (Lipinski definition) is 2. The van der Waals surface area contributed by atoms with E-state index in [0.29, 0.717) is 0 Å². The highest BCUT2D eigenvalue weighted by Crippen LogP contribution is 2.15. The predicted molar refractivity (Wildman–Crippen MR) is 91.9 cm³/mol. The lowest BCUT2D eigenvalue weighted by atomic mass is 10.1. The number of carbonyl (C=O) groups is 3. The summed E-state index contributed by atoms with van der Waals surface area (Å²) in [7, 11) is -2.76. The van der Waals surface area contributed by atoms with Crippen LogP contribution in [-0.4, -0.2) is 45.1 Å². The van der Waals surface area contributed by atoms with Gasteiger partial charge in [0.05, 0.1) is 17.6 Å². The molecule has 0 aliphatic heterocycles. The number of esters is 1. The van der Waals surface area contributed by atoms with Crippen LogP contribution in [0.2, 0.25) is 0 Å². The highest BCUT2D eigenvalue weighted by Gasteiger charge is 2.24. The molecule has 0 aromatic heterocycles. The Bertz CT molecular complexity index is 797. The number of alkyl carbamates (subject to hydrolysis) is 1. The van der Waals surface area contributed by atoms with Gasteiger partial charge in [-0.1, -0.05) is 6.07 Å². The van der Waals surface area contributed by atoms with E-state index in [9.17, 15) is 22.8 Å². The molecule has 0 heterocycles. The maximum atomic E-state index is 12.3. The van der Waals surface area contributed by atoms with Crippen molar-refractivity contribution < 1.29 is 32.3 Å². The minimum absolute atomic E-state index is 0.0560. The summed E-state index contributed by atoms with van der Waals surface area (Å²) in [6.07, 6.45) is -2.27. The summed E-state index contributed by atoms with van der Waals surface area (Å²) < 4.78 is 36.3. The monoisotopic (exact) mass is 386 g/mol. The fraction of sp³-hybridized carbons (Fsp3) is 0.438. The van der Waals surface area contributed by atoms with Crippen LogP contribution in [0.25, 0.3) is 0 Å². The minimum atomic E-state index is -3.84. The second kappa shape index (κ2) is 8.28. The molecule has 1 atom stereocenters. The number of rotatable bonds is 5. The first kappa shape index (κ1) is 21.6. The Labute approximate surface area is 152 Å². The fourth-order valence-corrected chi connectivity index (χ4v) is 3.25. The molecule has 0 unspecified atom stereocenters. The predicted octanol–water partition coefficient (Wildman–Crippen LogP) is 1.19. The molecule has 0 fully saturated rings. The van der Waals surface area contributed by atoms with Gasteiger partial charge in [-0.15, -0.1) is 0 Å². The normalized spacial score (nSPS) is 12.8. The molecule has 2 amide bonds. The Hall–Kier alpha value is -2.46. The summed E-state index contributed by atoms with van der Waals surface area (Å²) in [4.78, 5) is 34.7. The van der Waals surface area contributed by atoms with Crippen molar-refractivity contribution in [2.45, 2.75) is 44.2 Å². The minimum Gasteiger partial charge on any atom is -0.453 e. The SMILES string of the molecule is COC(=O)NC(=O)[C@@H](C)OC(=O)c1cccc(S(=O)(=O)NC(C)(C)C)c1. The highest BCUT2D eigenvalue weighted by atomic mass is 32.2. The first-order valence-corrected chi connectivity index (χ1v) is 9.08. The van der Waals surface area contributed by atoms with Gasteiger partial charge < -0.3 is 9.47 Å². The molecule has 0 bridgehead atoms. The van der Waals surface area contributed by atoms with E-state index >= 15 is 0 Å². The van der Waals surface area contributed by atoms with E-state index in [1.807, 2.05) is 5.32 Å². The molecular formula is C16H22N2O7S. The summed E-state index contributed by atoms with van der Waals surface area (Å²) in [6.45, 7) is 6.32. The molecule has 26 heavy (non-hydrogen) atoms. The zero-order valence-electron chi connectivity index (χ0n) is 15.2. The average molecular weight is 386 g/mol. The summed E-state index contributed by atoms with van der Waals surface area (Å²) in [5, 5.41) is 1.86. The molecule has 1 aromatic carbocycles. The maximum absolute atomic E-state index is 12.3. The number of amides is 2. The van der Waals surface area contributed by atoms with Gasteiger partial charge >= 0.3 is 12.1 Å². The van der Waals surface area contributed by atoms with E-state index in [2.05, 4.69) is 9.46 Å². The number of imide groups is 1. The topological polar surface area (TPSA) is 128 Å². The number of ether oxygens (including phenoxy) is 2. The lowest BCUT2D eigenvalue weighted by Gasteiger charge is -2.20. The van der Waals surface area contributed by atoms with Crippen LogP contribution in [0.1, 0.15) is 38.1 Å². The van der Waals surface area contributed by atoms with Crippen molar-refractivity contribution in [3.8, 4) is 0 Å². The van der Waals surface area contributed by atoms with Crippen LogP contribution in [0.5, 0.6) is 0 Å². The molecule has 0 spiro atoms. The van der Waals surface area contributed by atoms with E-state index < -0.39 is 39.6 Å². The van der Waals surface area contributed by atoms with Gasteiger partial charge in [0.15, 0.2) is 6.10 Å². The third-order valence-electron chi connectivity index (χ3n) is 2.88. The van der Waals surface area contributed by atoms with Gasteiger partial charge in [-0.05, 0) is 45.9 Å². The van der Waals surface area contributed by atoms with Crippen molar-refractivity contribution in [2.75, 3.05) is 7.11 Å². The van der Waals surface area contributed by atoms with Crippen LogP contribution in [-0.2, 0) is 24.3 Å². The van der Waals surface area contributed by atoms with Gasteiger partial charge in [-0.25, -0.2) is 22.7 Å². The molecular weight excluding hydrogens is 364 g/mol. The molecule has 0 saturated heterocycles. The molecule has 1 aromatic rings. The van der Waals surface area contributed by atoms with Gasteiger partial charge in [-0.2, -0.15) is 0 Å². The van der Waals surface area contributed by atoms with Crippen LogP contribution in [0.15, 0.2) is 29.2 Å². The molecule has 0 aliphatic rings.